The van der Waals surface area contributed by atoms with E-state index >= 15 is 0 Å². The summed E-state index contributed by atoms with van der Waals surface area (Å²) < 4.78 is 11.2. The van der Waals surface area contributed by atoms with Crippen molar-refractivity contribution in [1.29, 1.82) is 0 Å². The number of hydrogen-bond donors (Lipinski definition) is 2. The second-order valence-corrected chi connectivity index (χ2v) is 7.98. The summed E-state index contributed by atoms with van der Waals surface area (Å²) in [6, 6.07) is 13.6. The highest BCUT2D eigenvalue weighted by Gasteiger charge is 2.22. The van der Waals surface area contributed by atoms with Gasteiger partial charge in [-0.25, -0.2) is 0 Å². The summed E-state index contributed by atoms with van der Waals surface area (Å²) in [5.41, 5.74) is 1.13. The fraction of sp³-hybridized carbons (Fsp3) is 0.333. The van der Waals surface area contributed by atoms with Gasteiger partial charge in [-0.3, -0.25) is 9.59 Å². The van der Waals surface area contributed by atoms with E-state index in [1.807, 2.05) is 12.3 Å². The Morgan fingerprint density at radius 2 is 1.83 bits per heavy atom. The number of thioether (sulfide) groups is 1. The molecular weight excluding hydrogens is 456 g/mol. The Morgan fingerprint density at radius 1 is 1.10 bits per heavy atom. The fourth-order valence-corrected chi connectivity index (χ4v) is 3.43. The van der Waals surface area contributed by atoms with Crippen molar-refractivity contribution < 1.29 is 19.1 Å². The lowest BCUT2D eigenvalue weighted by Crippen LogP contribution is -2.44. The van der Waals surface area contributed by atoms with Crippen LogP contribution in [0.5, 0.6) is 5.75 Å². The van der Waals surface area contributed by atoms with Gasteiger partial charge in [0, 0.05) is 17.3 Å². The van der Waals surface area contributed by atoms with Gasteiger partial charge in [-0.1, -0.05) is 12.1 Å². The zero-order valence-electron chi connectivity index (χ0n) is 16.4. The number of methoxy groups -OCH3 is 1. The molecule has 2 N–H and O–H groups in total. The normalized spacial score (nSPS) is 11.6. The third-order valence-electron chi connectivity index (χ3n) is 4.03. The first kappa shape index (κ1) is 23.3. The maximum absolute atomic E-state index is 12.8. The molecule has 0 aliphatic carbocycles. The number of ether oxygens (including phenoxy) is 2. The van der Waals surface area contributed by atoms with E-state index < -0.39 is 6.04 Å². The zero-order chi connectivity index (χ0) is 21.1. The number of halogens is 1. The first-order chi connectivity index (χ1) is 14.0. The maximum Gasteiger partial charge on any atom is 0.253 e. The minimum atomic E-state index is -0.639. The second kappa shape index (κ2) is 12.5. The van der Waals surface area contributed by atoms with Crippen LogP contribution in [0.25, 0.3) is 0 Å². The molecule has 0 bridgehead atoms. The van der Waals surface area contributed by atoms with Crippen molar-refractivity contribution in [2.45, 2.75) is 12.5 Å². The standard InChI is InChI=1S/C21H25BrN2O4S/c1-27-12-13-28-16-9-7-15(8-10-16)23-21(26)19(11-14-29-2)24-20(25)17-5-3-4-6-18(17)22/h3-10,19H,11-14H2,1-2H3,(H,23,26)(H,24,25). The SMILES string of the molecule is COCCOc1ccc(NC(=O)C(CCSC)NC(=O)c2ccccc2Br)cc1. The van der Waals surface area contributed by atoms with Crippen LogP contribution in [0, 0.1) is 0 Å². The second-order valence-electron chi connectivity index (χ2n) is 6.14. The quantitative estimate of drug-likeness (QED) is 0.475. The first-order valence-electron chi connectivity index (χ1n) is 9.12. The zero-order valence-corrected chi connectivity index (χ0v) is 18.8. The summed E-state index contributed by atoms with van der Waals surface area (Å²) >= 11 is 5.00. The summed E-state index contributed by atoms with van der Waals surface area (Å²) in [4.78, 5) is 25.4. The lowest BCUT2D eigenvalue weighted by atomic mass is 10.1. The molecule has 0 aliphatic rings. The summed E-state index contributed by atoms with van der Waals surface area (Å²) in [5, 5.41) is 5.70. The van der Waals surface area contributed by atoms with E-state index in [4.69, 9.17) is 9.47 Å². The van der Waals surface area contributed by atoms with Crippen LogP contribution in [-0.4, -0.2) is 50.2 Å². The molecule has 2 amide bonds. The van der Waals surface area contributed by atoms with Crippen molar-refractivity contribution in [3.8, 4) is 5.75 Å². The Bertz CT molecular complexity index is 802. The molecule has 1 unspecified atom stereocenters. The summed E-state index contributed by atoms with van der Waals surface area (Å²) in [6.45, 7) is 0.965. The molecular formula is C21H25BrN2O4S. The van der Waals surface area contributed by atoms with Crippen LogP contribution in [0.4, 0.5) is 5.69 Å². The molecule has 2 aromatic carbocycles. The van der Waals surface area contributed by atoms with Crippen LogP contribution in [0.1, 0.15) is 16.8 Å². The van der Waals surface area contributed by atoms with Crippen molar-refractivity contribution >= 4 is 45.2 Å². The van der Waals surface area contributed by atoms with E-state index in [-0.39, 0.29) is 11.8 Å². The Kier molecular flexibility index (Phi) is 10.0. The maximum atomic E-state index is 12.8. The lowest BCUT2D eigenvalue weighted by Gasteiger charge is -2.19. The number of amides is 2. The minimum Gasteiger partial charge on any atom is -0.491 e. The van der Waals surface area contributed by atoms with Crippen molar-refractivity contribution in [2.75, 3.05) is 37.6 Å². The molecule has 156 valence electrons. The van der Waals surface area contributed by atoms with Crippen LogP contribution in [-0.2, 0) is 9.53 Å². The molecule has 6 nitrogen and oxygen atoms in total. The van der Waals surface area contributed by atoms with Crippen LogP contribution < -0.4 is 15.4 Å². The predicted molar refractivity (Wildman–Crippen MR) is 121 cm³/mol. The first-order valence-corrected chi connectivity index (χ1v) is 11.3. The number of carbonyl (C=O) groups is 2. The highest BCUT2D eigenvalue weighted by Crippen LogP contribution is 2.18. The summed E-state index contributed by atoms with van der Waals surface area (Å²) in [7, 11) is 1.62. The highest BCUT2D eigenvalue weighted by molar-refractivity contribution is 9.10. The van der Waals surface area contributed by atoms with Gasteiger partial charge in [0.25, 0.3) is 5.91 Å². The molecule has 0 aliphatic heterocycles. The molecule has 0 saturated carbocycles. The van der Waals surface area contributed by atoms with E-state index in [1.54, 1.807) is 61.3 Å². The Labute approximate surface area is 183 Å². The smallest absolute Gasteiger partial charge is 0.253 e. The molecule has 0 aromatic heterocycles. The van der Waals surface area contributed by atoms with E-state index in [0.717, 1.165) is 5.75 Å². The van der Waals surface area contributed by atoms with E-state index in [0.29, 0.717) is 41.1 Å². The van der Waals surface area contributed by atoms with Crippen LogP contribution in [0.3, 0.4) is 0 Å². The number of hydrogen-bond acceptors (Lipinski definition) is 5. The van der Waals surface area contributed by atoms with Crippen LogP contribution in [0.2, 0.25) is 0 Å². The van der Waals surface area contributed by atoms with Crippen molar-refractivity contribution in [1.82, 2.24) is 5.32 Å². The molecule has 2 rings (SSSR count). The number of benzene rings is 2. The molecule has 2 aromatic rings. The average Bonchev–Trinajstić information content (AvgIpc) is 2.72. The summed E-state index contributed by atoms with van der Waals surface area (Å²) in [5.74, 6) is 0.898. The summed E-state index contributed by atoms with van der Waals surface area (Å²) in [6.07, 6.45) is 2.49. The van der Waals surface area contributed by atoms with Gasteiger partial charge in [0.15, 0.2) is 0 Å². The molecule has 0 fully saturated rings. The van der Waals surface area contributed by atoms with Crippen molar-refractivity contribution in [3.05, 3.63) is 58.6 Å². The van der Waals surface area contributed by atoms with Gasteiger partial charge in [-0.2, -0.15) is 11.8 Å². The van der Waals surface area contributed by atoms with Gasteiger partial charge >= 0.3 is 0 Å². The predicted octanol–water partition coefficient (Wildman–Crippen LogP) is 3.96. The third kappa shape index (κ3) is 7.72. The number of carbonyl (C=O) groups excluding carboxylic acids is 2. The number of rotatable bonds is 11. The third-order valence-corrected chi connectivity index (χ3v) is 5.36. The largest absolute Gasteiger partial charge is 0.491 e. The lowest BCUT2D eigenvalue weighted by molar-refractivity contribution is -0.118. The Balaban J connectivity index is 2.00. The van der Waals surface area contributed by atoms with Gasteiger partial charge in [0.1, 0.15) is 18.4 Å². The monoisotopic (exact) mass is 480 g/mol. The molecule has 0 radical (unpaired) electrons. The number of anilines is 1. The highest BCUT2D eigenvalue weighted by atomic mass is 79.9. The van der Waals surface area contributed by atoms with E-state index in [9.17, 15) is 9.59 Å². The minimum absolute atomic E-state index is 0.257. The van der Waals surface area contributed by atoms with Gasteiger partial charge in [-0.05, 0) is 70.8 Å². The van der Waals surface area contributed by atoms with E-state index in [1.165, 1.54) is 0 Å². The van der Waals surface area contributed by atoms with Crippen LogP contribution >= 0.6 is 27.7 Å². The fourth-order valence-electron chi connectivity index (χ4n) is 2.49. The average molecular weight is 481 g/mol. The molecule has 0 spiro atoms. The molecule has 8 heteroatoms. The van der Waals surface area contributed by atoms with E-state index in [2.05, 4.69) is 26.6 Å². The Hall–Kier alpha value is -2.03. The topological polar surface area (TPSA) is 76.7 Å². The number of nitrogens with one attached hydrogen (secondary N) is 2. The molecule has 29 heavy (non-hydrogen) atoms. The van der Waals surface area contributed by atoms with Gasteiger partial charge < -0.3 is 20.1 Å². The Morgan fingerprint density at radius 3 is 2.48 bits per heavy atom. The van der Waals surface area contributed by atoms with Gasteiger partial charge in [0.05, 0.1) is 12.2 Å². The molecule has 1 atom stereocenters. The van der Waals surface area contributed by atoms with Crippen molar-refractivity contribution in [3.63, 3.8) is 0 Å². The van der Waals surface area contributed by atoms with Gasteiger partial charge in [0.2, 0.25) is 5.91 Å². The van der Waals surface area contributed by atoms with Crippen LogP contribution in [0.15, 0.2) is 53.0 Å². The van der Waals surface area contributed by atoms with Gasteiger partial charge in [-0.15, -0.1) is 0 Å². The van der Waals surface area contributed by atoms with Crippen molar-refractivity contribution in [2.24, 2.45) is 0 Å². The molecule has 0 heterocycles. The molecule has 0 saturated heterocycles.